The molecular formula is C21H35IN4O. The lowest BCUT2D eigenvalue weighted by molar-refractivity contribution is -0.0236. The van der Waals surface area contributed by atoms with E-state index in [1.165, 1.54) is 11.1 Å². The predicted molar refractivity (Wildman–Crippen MR) is 123 cm³/mol. The summed E-state index contributed by atoms with van der Waals surface area (Å²) in [6, 6.07) is 9.12. The first-order valence-corrected chi connectivity index (χ1v) is 10.1. The minimum atomic E-state index is -0.556. The molecule has 27 heavy (non-hydrogen) atoms. The van der Waals surface area contributed by atoms with Gasteiger partial charge in [0.1, 0.15) is 0 Å². The number of hydrogen-bond acceptors (Lipinski definition) is 3. The summed E-state index contributed by atoms with van der Waals surface area (Å²) in [4.78, 5) is 7.17. The van der Waals surface area contributed by atoms with Crippen molar-refractivity contribution in [1.29, 1.82) is 0 Å². The fourth-order valence-corrected chi connectivity index (χ4v) is 3.75. The Labute approximate surface area is 181 Å². The Kier molecular flexibility index (Phi) is 8.82. The molecule has 1 saturated carbocycles. The fourth-order valence-electron chi connectivity index (χ4n) is 3.75. The van der Waals surface area contributed by atoms with Gasteiger partial charge in [0.15, 0.2) is 5.96 Å². The number of piperidine rings is 1. The lowest BCUT2D eigenvalue weighted by atomic mass is 9.80. The van der Waals surface area contributed by atoms with Gasteiger partial charge < -0.3 is 15.7 Å². The predicted octanol–water partition coefficient (Wildman–Crippen LogP) is 3.05. The summed E-state index contributed by atoms with van der Waals surface area (Å²) in [5.74, 6) is 0.852. The Balaban J connectivity index is 0.00000261. The lowest BCUT2D eigenvalue weighted by Crippen LogP contribution is -2.49. The molecule has 2 fully saturated rings. The molecule has 0 amide bonds. The number of aryl methyl sites for hydroxylation is 1. The zero-order valence-corrected chi connectivity index (χ0v) is 19.0. The molecule has 0 spiro atoms. The van der Waals surface area contributed by atoms with Gasteiger partial charge in [-0.3, -0.25) is 9.89 Å². The van der Waals surface area contributed by atoms with Crippen LogP contribution in [-0.2, 0) is 6.54 Å². The molecule has 1 heterocycles. The van der Waals surface area contributed by atoms with Crippen LogP contribution >= 0.6 is 24.0 Å². The third kappa shape index (κ3) is 6.61. The van der Waals surface area contributed by atoms with E-state index in [9.17, 15) is 5.11 Å². The van der Waals surface area contributed by atoms with Gasteiger partial charge in [-0.1, -0.05) is 24.3 Å². The van der Waals surface area contributed by atoms with E-state index in [4.69, 9.17) is 0 Å². The van der Waals surface area contributed by atoms with E-state index >= 15 is 0 Å². The van der Waals surface area contributed by atoms with Gasteiger partial charge in [-0.25, -0.2) is 0 Å². The van der Waals surface area contributed by atoms with Gasteiger partial charge in [-0.15, -0.1) is 24.0 Å². The summed E-state index contributed by atoms with van der Waals surface area (Å²) < 4.78 is 0. The number of aliphatic hydroxyl groups is 1. The molecule has 1 aliphatic carbocycles. The van der Waals surface area contributed by atoms with Gasteiger partial charge in [0, 0.05) is 32.2 Å². The third-order valence-corrected chi connectivity index (χ3v) is 5.74. The normalized spacial score (nSPS) is 20.5. The second-order valence-electron chi connectivity index (χ2n) is 7.89. The molecule has 6 heteroatoms. The molecule has 1 saturated heterocycles. The Hall–Kier alpha value is -0.860. The largest absolute Gasteiger partial charge is 0.388 e. The molecule has 1 aromatic carbocycles. The average molecular weight is 486 g/mol. The van der Waals surface area contributed by atoms with Crippen LogP contribution in [-0.4, -0.2) is 53.8 Å². The maximum atomic E-state index is 10.3. The summed E-state index contributed by atoms with van der Waals surface area (Å²) in [5, 5.41) is 17.2. The lowest BCUT2D eigenvalue weighted by Gasteiger charge is -2.36. The van der Waals surface area contributed by atoms with E-state index < -0.39 is 5.60 Å². The van der Waals surface area contributed by atoms with E-state index in [1.807, 2.05) is 0 Å². The maximum Gasteiger partial charge on any atom is 0.191 e. The minimum absolute atomic E-state index is 0. The van der Waals surface area contributed by atoms with E-state index in [1.54, 1.807) is 0 Å². The van der Waals surface area contributed by atoms with Crippen molar-refractivity contribution >= 4 is 29.9 Å². The van der Waals surface area contributed by atoms with Crippen LogP contribution in [0.5, 0.6) is 0 Å². The van der Waals surface area contributed by atoms with Crippen molar-refractivity contribution in [2.75, 3.05) is 26.2 Å². The highest BCUT2D eigenvalue weighted by molar-refractivity contribution is 14.0. The third-order valence-electron chi connectivity index (χ3n) is 5.74. The SMILES string of the molecule is CCNC(=NCC1(O)CCC1)NC1CCN(Cc2ccccc2C)CC1.I. The van der Waals surface area contributed by atoms with Crippen LogP contribution in [0.4, 0.5) is 0 Å². The Morgan fingerprint density at radius 3 is 2.56 bits per heavy atom. The van der Waals surface area contributed by atoms with Crippen LogP contribution in [0.3, 0.4) is 0 Å². The van der Waals surface area contributed by atoms with Gasteiger partial charge >= 0.3 is 0 Å². The zero-order valence-electron chi connectivity index (χ0n) is 16.7. The van der Waals surface area contributed by atoms with Crippen LogP contribution < -0.4 is 10.6 Å². The highest BCUT2D eigenvalue weighted by Crippen LogP contribution is 2.31. The minimum Gasteiger partial charge on any atom is -0.388 e. The number of nitrogens with one attached hydrogen (secondary N) is 2. The summed E-state index contributed by atoms with van der Waals surface area (Å²) in [6.07, 6.45) is 5.14. The zero-order chi connectivity index (χ0) is 18.4. The highest BCUT2D eigenvalue weighted by atomic mass is 127. The molecule has 1 aliphatic heterocycles. The van der Waals surface area contributed by atoms with E-state index in [0.717, 1.165) is 64.2 Å². The van der Waals surface area contributed by atoms with Gasteiger partial charge in [0.25, 0.3) is 0 Å². The van der Waals surface area contributed by atoms with Crippen LogP contribution in [0, 0.1) is 6.92 Å². The molecule has 0 atom stereocenters. The maximum absolute atomic E-state index is 10.3. The average Bonchev–Trinajstić information content (AvgIpc) is 2.62. The standard InChI is InChI=1S/C21H34N4O.HI/c1-3-22-20(23-16-21(26)11-6-12-21)24-19-9-13-25(14-10-19)15-18-8-5-4-7-17(18)2;/h4-5,7-8,19,26H,3,6,9-16H2,1-2H3,(H2,22,23,24);1H. The molecule has 0 aromatic heterocycles. The van der Waals surface area contributed by atoms with Crippen LogP contribution in [0.25, 0.3) is 0 Å². The molecule has 0 radical (unpaired) electrons. The number of nitrogens with zero attached hydrogens (tertiary/aromatic N) is 2. The number of rotatable bonds is 6. The van der Waals surface area contributed by atoms with Crippen LogP contribution in [0.15, 0.2) is 29.3 Å². The summed E-state index contributed by atoms with van der Waals surface area (Å²) >= 11 is 0. The van der Waals surface area contributed by atoms with Gasteiger partial charge in [0.05, 0.1) is 12.1 Å². The van der Waals surface area contributed by atoms with Gasteiger partial charge in [-0.05, 0) is 57.1 Å². The Bertz CT molecular complexity index is 610. The first-order chi connectivity index (χ1) is 12.6. The summed E-state index contributed by atoms with van der Waals surface area (Å²) in [6.45, 7) is 8.88. The van der Waals surface area contributed by atoms with Crippen molar-refractivity contribution in [3.63, 3.8) is 0 Å². The molecule has 0 bridgehead atoms. The van der Waals surface area contributed by atoms with Gasteiger partial charge in [-0.2, -0.15) is 0 Å². The van der Waals surface area contributed by atoms with Crippen molar-refractivity contribution in [3.05, 3.63) is 35.4 Å². The van der Waals surface area contributed by atoms with Crippen molar-refractivity contribution in [2.45, 2.75) is 64.1 Å². The molecule has 1 aromatic rings. The second-order valence-corrected chi connectivity index (χ2v) is 7.89. The number of guanidine groups is 1. The molecule has 0 unspecified atom stereocenters. The first-order valence-electron chi connectivity index (χ1n) is 10.1. The summed E-state index contributed by atoms with van der Waals surface area (Å²) in [7, 11) is 0. The first kappa shape index (κ1) is 22.4. The molecule has 2 aliphatic rings. The monoisotopic (exact) mass is 486 g/mol. The molecule has 5 nitrogen and oxygen atoms in total. The number of aliphatic imine (C=N–C) groups is 1. The number of likely N-dealkylation sites (tertiary alicyclic amines) is 1. The fraction of sp³-hybridized carbons (Fsp3) is 0.667. The number of hydrogen-bond donors (Lipinski definition) is 3. The molecule has 152 valence electrons. The van der Waals surface area contributed by atoms with Gasteiger partial charge in [0.2, 0.25) is 0 Å². The van der Waals surface area contributed by atoms with E-state index in [0.29, 0.717) is 12.6 Å². The van der Waals surface area contributed by atoms with Crippen molar-refractivity contribution in [1.82, 2.24) is 15.5 Å². The van der Waals surface area contributed by atoms with Crippen LogP contribution in [0.1, 0.15) is 50.2 Å². The smallest absolute Gasteiger partial charge is 0.191 e. The molecule has 3 rings (SSSR count). The van der Waals surface area contributed by atoms with E-state index in [-0.39, 0.29) is 24.0 Å². The number of halogens is 1. The molecule has 3 N–H and O–H groups in total. The number of benzene rings is 1. The second kappa shape index (κ2) is 10.6. The highest BCUT2D eigenvalue weighted by Gasteiger charge is 2.34. The van der Waals surface area contributed by atoms with Crippen molar-refractivity contribution in [2.24, 2.45) is 4.99 Å². The van der Waals surface area contributed by atoms with Crippen molar-refractivity contribution < 1.29 is 5.11 Å². The topological polar surface area (TPSA) is 59.9 Å². The van der Waals surface area contributed by atoms with Crippen LogP contribution in [0.2, 0.25) is 0 Å². The molecular weight excluding hydrogens is 451 g/mol. The quantitative estimate of drug-likeness (QED) is 0.329. The summed E-state index contributed by atoms with van der Waals surface area (Å²) in [5.41, 5.74) is 2.25. The van der Waals surface area contributed by atoms with E-state index in [2.05, 4.69) is 58.6 Å². The Morgan fingerprint density at radius 1 is 1.26 bits per heavy atom. The Morgan fingerprint density at radius 2 is 1.96 bits per heavy atom. The van der Waals surface area contributed by atoms with Crippen molar-refractivity contribution in [3.8, 4) is 0 Å².